The lowest BCUT2D eigenvalue weighted by molar-refractivity contribution is 0.0927. The van der Waals surface area contributed by atoms with Crippen LogP contribution in [0.3, 0.4) is 0 Å². The number of halogens is 1. The molecule has 0 bridgehead atoms. The molecule has 0 aliphatic carbocycles. The molecule has 0 spiro atoms. The average Bonchev–Trinajstić information content (AvgIpc) is 2.72. The first-order valence-corrected chi connectivity index (χ1v) is 6.78. The van der Waals surface area contributed by atoms with Crippen LogP contribution in [0.2, 0.25) is 0 Å². The van der Waals surface area contributed by atoms with E-state index in [1.807, 2.05) is 43.3 Å². The van der Waals surface area contributed by atoms with Gasteiger partial charge in [-0.15, -0.1) is 0 Å². The van der Waals surface area contributed by atoms with Crippen molar-refractivity contribution in [2.75, 3.05) is 0 Å². The summed E-state index contributed by atoms with van der Waals surface area (Å²) in [4.78, 5) is 12.2. The third kappa shape index (κ3) is 1.58. The number of para-hydroxylation sites is 2. The van der Waals surface area contributed by atoms with Crippen molar-refractivity contribution in [1.29, 1.82) is 0 Å². The third-order valence-corrected chi connectivity index (χ3v) is 3.53. The van der Waals surface area contributed by atoms with Gasteiger partial charge in [-0.2, -0.15) is 0 Å². The number of alkyl halides is 1. The molecule has 0 saturated heterocycles. The van der Waals surface area contributed by atoms with E-state index < -0.39 is 0 Å². The lowest BCUT2D eigenvalue weighted by atomic mass is 10.2. The van der Waals surface area contributed by atoms with Gasteiger partial charge in [-0.1, -0.05) is 52.3 Å². The first-order chi connectivity index (χ1) is 8.70. The Morgan fingerprint density at radius 3 is 1.89 bits per heavy atom. The number of benzene rings is 2. The fourth-order valence-corrected chi connectivity index (χ4v) is 2.54. The van der Waals surface area contributed by atoms with Crippen molar-refractivity contribution in [2.24, 2.45) is 0 Å². The molecule has 18 heavy (non-hydrogen) atoms. The maximum absolute atomic E-state index is 12.3. The van der Waals surface area contributed by atoms with Crippen molar-refractivity contribution in [1.82, 2.24) is 4.57 Å². The monoisotopic (exact) mass is 301 g/mol. The Morgan fingerprint density at radius 1 is 1.00 bits per heavy atom. The maximum atomic E-state index is 12.3. The number of carbonyl (C=O) groups is 1. The van der Waals surface area contributed by atoms with E-state index in [1.54, 1.807) is 4.57 Å². The highest BCUT2D eigenvalue weighted by atomic mass is 79.9. The summed E-state index contributed by atoms with van der Waals surface area (Å²) < 4.78 is 1.80. The van der Waals surface area contributed by atoms with Gasteiger partial charge in [0.15, 0.2) is 0 Å². The van der Waals surface area contributed by atoms with E-state index in [4.69, 9.17) is 0 Å². The molecule has 2 aromatic carbocycles. The molecule has 0 amide bonds. The van der Waals surface area contributed by atoms with Gasteiger partial charge in [0.25, 0.3) is 0 Å². The van der Waals surface area contributed by atoms with Crippen LogP contribution in [-0.4, -0.2) is 15.3 Å². The standard InChI is InChI=1S/C15H12BrNO/c1-10(16)15(18)17-13-8-4-2-6-11(13)12-7-3-5-9-14(12)17/h2-10H,1H3/t10-/m1/s1. The minimum Gasteiger partial charge on any atom is -0.279 e. The van der Waals surface area contributed by atoms with E-state index >= 15 is 0 Å². The van der Waals surface area contributed by atoms with Crippen LogP contribution in [0.25, 0.3) is 21.8 Å². The number of rotatable bonds is 1. The minimum atomic E-state index is -0.197. The highest BCUT2D eigenvalue weighted by molar-refractivity contribution is 9.10. The average molecular weight is 302 g/mol. The van der Waals surface area contributed by atoms with E-state index in [0.717, 1.165) is 21.8 Å². The number of fused-ring (bicyclic) bond motifs is 3. The molecule has 0 radical (unpaired) electrons. The van der Waals surface area contributed by atoms with Gasteiger partial charge in [0.05, 0.1) is 15.9 Å². The zero-order valence-corrected chi connectivity index (χ0v) is 11.5. The normalized spacial score (nSPS) is 13.0. The zero-order chi connectivity index (χ0) is 12.7. The fourth-order valence-electron chi connectivity index (χ4n) is 2.34. The highest BCUT2D eigenvalue weighted by Crippen LogP contribution is 2.29. The van der Waals surface area contributed by atoms with Crippen molar-refractivity contribution in [3.8, 4) is 0 Å². The van der Waals surface area contributed by atoms with Crippen LogP contribution in [0.4, 0.5) is 0 Å². The summed E-state index contributed by atoms with van der Waals surface area (Å²) >= 11 is 3.36. The van der Waals surface area contributed by atoms with Crippen molar-refractivity contribution < 1.29 is 4.79 Å². The molecule has 3 aromatic rings. The summed E-state index contributed by atoms with van der Waals surface area (Å²) in [6.07, 6.45) is 0. The Kier molecular flexibility index (Phi) is 2.71. The van der Waals surface area contributed by atoms with Crippen molar-refractivity contribution in [3.05, 3.63) is 48.5 Å². The molecule has 0 fully saturated rings. The van der Waals surface area contributed by atoms with Crippen LogP contribution in [0.15, 0.2) is 48.5 Å². The van der Waals surface area contributed by atoms with Crippen LogP contribution < -0.4 is 0 Å². The number of hydrogen-bond donors (Lipinski definition) is 0. The molecular formula is C15H12BrNO. The number of hydrogen-bond acceptors (Lipinski definition) is 1. The molecule has 0 aliphatic rings. The molecule has 90 valence electrons. The number of aromatic nitrogens is 1. The minimum absolute atomic E-state index is 0.0624. The molecule has 0 saturated carbocycles. The highest BCUT2D eigenvalue weighted by Gasteiger charge is 2.18. The molecule has 1 aromatic heterocycles. The van der Waals surface area contributed by atoms with Crippen molar-refractivity contribution >= 4 is 43.6 Å². The molecule has 0 unspecified atom stereocenters. The molecule has 2 nitrogen and oxygen atoms in total. The second-order valence-electron chi connectivity index (χ2n) is 4.32. The first-order valence-electron chi connectivity index (χ1n) is 5.86. The van der Waals surface area contributed by atoms with Gasteiger partial charge in [0, 0.05) is 10.8 Å². The van der Waals surface area contributed by atoms with Crippen LogP contribution >= 0.6 is 15.9 Å². The summed E-state index contributed by atoms with van der Waals surface area (Å²) in [7, 11) is 0. The lowest BCUT2D eigenvalue weighted by Crippen LogP contribution is -2.18. The fraction of sp³-hybridized carbons (Fsp3) is 0.133. The maximum Gasteiger partial charge on any atom is 0.245 e. The largest absolute Gasteiger partial charge is 0.279 e. The van der Waals surface area contributed by atoms with Crippen molar-refractivity contribution in [2.45, 2.75) is 11.8 Å². The molecule has 3 rings (SSSR count). The molecular weight excluding hydrogens is 290 g/mol. The molecule has 1 heterocycles. The van der Waals surface area contributed by atoms with Crippen LogP contribution in [0, 0.1) is 0 Å². The van der Waals surface area contributed by atoms with Gasteiger partial charge in [-0.05, 0) is 19.1 Å². The topological polar surface area (TPSA) is 22.0 Å². The van der Waals surface area contributed by atoms with Crippen LogP contribution in [0.5, 0.6) is 0 Å². The molecule has 0 N–H and O–H groups in total. The van der Waals surface area contributed by atoms with Gasteiger partial charge in [0.2, 0.25) is 5.91 Å². The van der Waals surface area contributed by atoms with E-state index in [9.17, 15) is 4.79 Å². The van der Waals surface area contributed by atoms with Crippen molar-refractivity contribution in [3.63, 3.8) is 0 Å². The van der Waals surface area contributed by atoms with E-state index in [2.05, 4.69) is 28.1 Å². The molecule has 0 aliphatic heterocycles. The van der Waals surface area contributed by atoms with E-state index in [0.29, 0.717) is 0 Å². The first kappa shape index (κ1) is 11.5. The summed E-state index contributed by atoms with van der Waals surface area (Å²) in [5.41, 5.74) is 1.94. The Hall–Kier alpha value is -1.61. The van der Waals surface area contributed by atoms with Gasteiger partial charge < -0.3 is 0 Å². The van der Waals surface area contributed by atoms with E-state index in [1.165, 1.54) is 0 Å². The Bertz CT molecular complexity index is 689. The predicted octanol–water partition coefficient (Wildman–Crippen LogP) is 4.22. The quantitative estimate of drug-likeness (QED) is 0.617. The summed E-state index contributed by atoms with van der Waals surface area (Å²) in [5.74, 6) is 0.0624. The Labute approximate surface area is 113 Å². The van der Waals surface area contributed by atoms with Gasteiger partial charge in [-0.25, -0.2) is 0 Å². The predicted molar refractivity (Wildman–Crippen MR) is 78.5 cm³/mol. The van der Waals surface area contributed by atoms with Gasteiger partial charge >= 0.3 is 0 Å². The van der Waals surface area contributed by atoms with Gasteiger partial charge in [-0.3, -0.25) is 9.36 Å². The lowest BCUT2D eigenvalue weighted by Gasteiger charge is -2.07. The Balaban J connectivity index is 2.49. The van der Waals surface area contributed by atoms with E-state index in [-0.39, 0.29) is 10.7 Å². The third-order valence-electron chi connectivity index (χ3n) is 3.14. The van der Waals surface area contributed by atoms with Crippen LogP contribution in [-0.2, 0) is 0 Å². The number of carbonyl (C=O) groups excluding carboxylic acids is 1. The summed E-state index contributed by atoms with van der Waals surface area (Å²) in [6, 6.07) is 16.0. The van der Waals surface area contributed by atoms with Crippen LogP contribution in [0.1, 0.15) is 11.7 Å². The summed E-state index contributed by atoms with van der Waals surface area (Å²) in [5, 5.41) is 2.24. The summed E-state index contributed by atoms with van der Waals surface area (Å²) in [6.45, 7) is 1.85. The van der Waals surface area contributed by atoms with Gasteiger partial charge in [0.1, 0.15) is 0 Å². The Morgan fingerprint density at radius 2 is 1.44 bits per heavy atom. The smallest absolute Gasteiger partial charge is 0.245 e. The number of nitrogens with zero attached hydrogens (tertiary/aromatic N) is 1. The zero-order valence-electron chi connectivity index (χ0n) is 9.93. The molecule has 3 heteroatoms. The SMILES string of the molecule is C[C@@H](Br)C(=O)n1c2ccccc2c2ccccc21. The molecule has 1 atom stereocenters. The second-order valence-corrected chi connectivity index (χ2v) is 5.70. The second kappa shape index (κ2) is 4.25.